The van der Waals surface area contributed by atoms with Gasteiger partial charge in [-0.3, -0.25) is 4.79 Å². The molecule has 0 saturated heterocycles. The number of Topliss-reactive ketones (excluding diaryl/α,β-unsaturated/α-hetero) is 1. The Morgan fingerprint density at radius 2 is 2.27 bits per heavy atom. The number of halogens is 1. The molecule has 1 rings (SSSR count). The van der Waals surface area contributed by atoms with Crippen LogP contribution in [0.1, 0.15) is 35.4 Å². The summed E-state index contributed by atoms with van der Waals surface area (Å²) in [5.74, 6) is 0.00995. The fourth-order valence-corrected chi connectivity index (χ4v) is 1.76. The van der Waals surface area contributed by atoms with Crippen molar-refractivity contribution in [1.82, 2.24) is 0 Å². The minimum Gasteiger partial charge on any atom is -0.298 e. The van der Waals surface area contributed by atoms with Crippen LogP contribution in [0.2, 0.25) is 0 Å². The van der Waals surface area contributed by atoms with Crippen molar-refractivity contribution < 1.29 is 4.79 Å². The number of ketones is 1. The van der Waals surface area contributed by atoms with Crippen LogP contribution in [-0.4, -0.2) is 5.78 Å². The zero-order chi connectivity index (χ0) is 11.4. The average Bonchev–Trinajstić information content (AvgIpc) is 2.27. The maximum absolute atomic E-state index is 11.2. The zero-order valence-corrected chi connectivity index (χ0v) is 10.3. The lowest BCUT2D eigenvalue weighted by Crippen LogP contribution is -2.03. The van der Waals surface area contributed by atoms with Crippen LogP contribution in [0.3, 0.4) is 0 Å². The summed E-state index contributed by atoms with van der Waals surface area (Å²) >= 11 is 3.29. The van der Waals surface area contributed by atoms with E-state index < -0.39 is 0 Å². The van der Waals surface area contributed by atoms with Crippen LogP contribution in [0.15, 0.2) is 18.2 Å². The Kier molecular flexibility index (Phi) is 4.05. The largest absolute Gasteiger partial charge is 0.298 e. The molecule has 0 aliphatic rings. The fraction of sp³-hybridized carbons (Fsp3) is 0.333. The summed E-state index contributed by atoms with van der Waals surface area (Å²) in [6.45, 7) is 3.54. The molecule has 0 amide bonds. The molecule has 0 heterocycles. The van der Waals surface area contributed by atoms with Gasteiger partial charge in [-0.25, -0.2) is 0 Å². The van der Waals surface area contributed by atoms with Gasteiger partial charge >= 0.3 is 0 Å². The number of nitriles is 1. The first-order valence-electron chi connectivity index (χ1n) is 4.77. The highest BCUT2D eigenvalue weighted by molar-refractivity contribution is 9.09. The lowest BCUT2D eigenvalue weighted by Gasteiger charge is -2.09. The molecule has 1 atom stereocenters. The Balaban J connectivity index is 3.20. The van der Waals surface area contributed by atoms with Crippen molar-refractivity contribution in [2.75, 3.05) is 0 Å². The van der Waals surface area contributed by atoms with Gasteiger partial charge in [-0.1, -0.05) is 35.0 Å². The van der Waals surface area contributed by atoms with Crippen molar-refractivity contribution in [1.29, 1.82) is 5.26 Å². The normalized spacial score (nSPS) is 11.9. The molecular weight excluding hydrogens is 254 g/mol. The van der Waals surface area contributed by atoms with Crippen molar-refractivity contribution >= 4 is 21.7 Å². The van der Waals surface area contributed by atoms with E-state index in [9.17, 15) is 4.79 Å². The van der Waals surface area contributed by atoms with Gasteiger partial charge in [0.15, 0.2) is 0 Å². The van der Waals surface area contributed by atoms with Crippen molar-refractivity contribution in [3.8, 4) is 6.07 Å². The number of hydrogen-bond acceptors (Lipinski definition) is 2. The third-order valence-electron chi connectivity index (χ3n) is 2.28. The molecule has 2 nitrogen and oxygen atoms in total. The lowest BCUT2D eigenvalue weighted by molar-refractivity contribution is -0.116. The van der Waals surface area contributed by atoms with Crippen molar-refractivity contribution in [2.24, 2.45) is 0 Å². The predicted molar refractivity (Wildman–Crippen MR) is 62.9 cm³/mol. The highest BCUT2D eigenvalue weighted by atomic mass is 79.9. The minimum absolute atomic E-state index is 0.00995. The molecule has 0 fully saturated rings. The molecule has 15 heavy (non-hydrogen) atoms. The summed E-state index contributed by atoms with van der Waals surface area (Å²) < 4.78 is 0. The van der Waals surface area contributed by atoms with E-state index in [-0.39, 0.29) is 10.6 Å². The van der Waals surface area contributed by atoms with E-state index in [4.69, 9.17) is 5.26 Å². The lowest BCUT2D eigenvalue weighted by atomic mass is 10.00. The first-order chi connectivity index (χ1) is 7.10. The number of carbonyl (C=O) groups excluding carboxylic acids is 1. The first kappa shape index (κ1) is 11.9. The molecule has 0 radical (unpaired) electrons. The van der Waals surface area contributed by atoms with Crippen LogP contribution in [0.5, 0.6) is 0 Å². The Bertz CT molecular complexity index is 420. The first-order valence-corrected chi connectivity index (χ1v) is 5.69. The molecule has 0 N–H and O–H groups in total. The highest BCUT2D eigenvalue weighted by Crippen LogP contribution is 2.27. The van der Waals surface area contributed by atoms with Gasteiger partial charge in [0.1, 0.15) is 5.78 Å². The van der Waals surface area contributed by atoms with E-state index >= 15 is 0 Å². The van der Waals surface area contributed by atoms with E-state index in [1.54, 1.807) is 0 Å². The Labute approximate surface area is 98.0 Å². The van der Waals surface area contributed by atoms with Crippen LogP contribution < -0.4 is 0 Å². The zero-order valence-electron chi connectivity index (χ0n) is 8.75. The minimum atomic E-state index is -0.377. The van der Waals surface area contributed by atoms with E-state index in [2.05, 4.69) is 22.0 Å². The summed E-state index contributed by atoms with van der Waals surface area (Å²) in [6.07, 6.45) is 0.891. The van der Waals surface area contributed by atoms with Crippen LogP contribution in [0, 0.1) is 11.3 Å². The summed E-state index contributed by atoms with van der Waals surface area (Å²) in [5.41, 5.74) is 2.44. The van der Waals surface area contributed by atoms with Gasteiger partial charge in [-0.2, -0.15) is 5.26 Å². The van der Waals surface area contributed by atoms with Gasteiger partial charge in [-0.15, -0.1) is 0 Å². The topological polar surface area (TPSA) is 40.9 Å². The number of carbonyl (C=O) groups is 1. The molecule has 0 spiro atoms. The van der Waals surface area contributed by atoms with Crippen molar-refractivity contribution in [3.63, 3.8) is 0 Å². The van der Waals surface area contributed by atoms with Gasteiger partial charge in [0.05, 0.1) is 16.5 Å². The van der Waals surface area contributed by atoms with Gasteiger partial charge in [0, 0.05) is 0 Å². The Hall–Kier alpha value is -1.14. The van der Waals surface area contributed by atoms with E-state index in [1.165, 1.54) is 6.92 Å². The number of benzene rings is 1. The Morgan fingerprint density at radius 1 is 1.60 bits per heavy atom. The number of nitrogens with zero attached hydrogens (tertiary/aromatic N) is 1. The van der Waals surface area contributed by atoms with Crippen LogP contribution >= 0.6 is 15.9 Å². The second-order valence-corrected chi connectivity index (χ2v) is 4.28. The van der Waals surface area contributed by atoms with Gasteiger partial charge in [-0.05, 0) is 30.5 Å². The predicted octanol–water partition coefficient (Wildman–Crippen LogP) is 3.15. The van der Waals surface area contributed by atoms with Crippen LogP contribution in [0.4, 0.5) is 0 Å². The molecule has 0 saturated carbocycles. The van der Waals surface area contributed by atoms with Crippen molar-refractivity contribution in [2.45, 2.75) is 25.1 Å². The number of rotatable bonds is 3. The summed E-state index contributed by atoms with van der Waals surface area (Å²) in [6, 6.07) is 7.76. The molecule has 0 aromatic heterocycles. The fourth-order valence-electron chi connectivity index (χ4n) is 1.36. The van der Waals surface area contributed by atoms with Gasteiger partial charge < -0.3 is 0 Å². The standard InChI is InChI=1S/C12H12BrNO/c1-3-9-4-5-11(10(6-9)7-14)12(13)8(2)15/h4-6,12H,3H2,1-2H3. The maximum atomic E-state index is 11.2. The smallest absolute Gasteiger partial charge is 0.147 e. The molecule has 1 aromatic carbocycles. The summed E-state index contributed by atoms with van der Waals surface area (Å²) in [4.78, 5) is 10.8. The average molecular weight is 266 g/mol. The maximum Gasteiger partial charge on any atom is 0.147 e. The number of hydrogen-bond donors (Lipinski definition) is 0. The van der Waals surface area contributed by atoms with Gasteiger partial charge in [0.25, 0.3) is 0 Å². The summed E-state index contributed by atoms with van der Waals surface area (Å²) in [7, 11) is 0. The molecule has 3 heteroatoms. The van der Waals surface area contributed by atoms with Crippen molar-refractivity contribution in [3.05, 3.63) is 34.9 Å². The van der Waals surface area contributed by atoms with E-state index in [0.717, 1.165) is 17.5 Å². The molecule has 0 aliphatic carbocycles. The second-order valence-electron chi connectivity index (χ2n) is 3.36. The SMILES string of the molecule is CCc1ccc(C(Br)C(C)=O)c(C#N)c1. The quantitative estimate of drug-likeness (QED) is 0.788. The van der Waals surface area contributed by atoms with Crippen LogP contribution in [0.25, 0.3) is 0 Å². The number of aryl methyl sites for hydroxylation is 1. The number of alkyl halides is 1. The monoisotopic (exact) mass is 265 g/mol. The molecule has 1 unspecified atom stereocenters. The molecule has 1 aromatic rings. The third kappa shape index (κ3) is 2.66. The second kappa shape index (κ2) is 5.09. The highest BCUT2D eigenvalue weighted by Gasteiger charge is 2.16. The van der Waals surface area contributed by atoms with E-state index in [1.807, 2.05) is 25.1 Å². The van der Waals surface area contributed by atoms with Gasteiger partial charge in [0.2, 0.25) is 0 Å². The summed E-state index contributed by atoms with van der Waals surface area (Å²) in [5, 5.41) is 8.99. The van der Waals surface area contributed by atoms with Crippen LogP contribution in [-0.2, 0) is 11.2 Å². The molecule has 0 bridgehead atoms. The third-order valence-corrected chi connectivity index (χ3v) is 3.41. The van der Waals surface area contributed by atoms with E-state index in [0.29, 0.717) is 5.56 Å². The molecule has 78 valence electrons. The molecule has 0 aliphatic heterocycles. The Morgan fingerprint density at radius 3 is 2.73 bits per heavy atom. The molecular formula is C12H12BrNO.